The minimum absolute atomic E-state index is 0.0312. The van der Waals surface area contributed by atoms with Gasteiger partial charge in [0.15, 0.2) is 0 Å². The van der Waals surface area contributed by atoms with Gasteiger partial charge in [-0.15, -0.1) is 0 Å². The van der Waals surface area contributed by atoms with Gasteiger partial charge in [0.25, 0.3) is 0 Å². The molecular weight excluding hydrogens is 193 g/mol. The van der Waals surface area contributed by atoms with Crippen LogP contribution in [0.15, 0.2) is 12.7 Å². The van der Waals surface area contributed by atoms with Crippen LogP contribution in [-0.2, 0) is 9.36 Å². The second kappa shape index (κ2) is 7.98. The quantitative estimate of drug-likeness (QED) is 0.466. The molecule has 0 aromatic carbocycles. The second-order valence-corrected chi connectivity index (χ2v) is 4.12. The third kappa shape index (κ3) is 24.6. The average Bonchev–Trinajstić information content (AvgIpc) is 2.00. The highest BCUT2D eigenvalue weighted by Gasteiger charge is 2.09. The first-order chi connectivity index (χ1) is 5.83. The predicted octanol–water partition coefficient (Wildman–Crippen LogP) is 0.622. The molecule has 0 aliphatic rings. The van der Waals surface area contributed by atoms with Gasteiger partial charge in [0.05, 0.1) is 0 Å². The lowest BCUT2D eigenvalue weighted by atomic mass is 10.4. The summed E-state index contributed by atoms with van der Waals surface area (Å²) in [4.78, 5) is 26.0. The first-order valence-electron chi connectivity index (χ1n) is 3.80. The molecule has 0 unspecified atom stereocenters. The summed E-state index contributed by atoms with van der Waals surface area (Å²) in [6.07, 6.45) is 2.54. The van der Waals surface area contributed by atoms with Crippen molar-refractivity contribution in [3.63, 3.8) is 0 Å². The number of hydrogen-bond donors (Lipinski definition) is 3. The van der Waals surface area contributed by atoms with Gasteiger partial charge in [-0.3, -0.25) is 9.36 Å². The Kier molecular flexibility index (Phi) is 9.12. The van der Waals surface area contributed by atoms with Crippen LogP contribution >= 0.6 is 7.60 Å². The lowest BCUT2D eigenvalue weighted by Crippen LogP contribution is -2.04. The molecule has 4 N–H and O–H groups in total. The highest BCUT2D eigenvalue weighted by atomic mass is 31.2. The van der Waals surface area contributed by atoms with E-state index in [2.05, 4.69) is 12.3 Å². The van der Waals surface area contributed by atoms with Crippen LogP contribution in [0.3, 0.4) is 0 Å². The molecule has 0 aromatic rings. The molecular formula is C7H16NO4P. The first kappa shape index (κ1) is 14.9. The number of nitrogens with two attached hydrogens (primary N) is 1. The van der Waals surface area contributed by atoms with E-state index >= 15 is 0 Å². The van der Waals surface area contributed by atoms with E-state index < -0.39 is 13.5 Å². The standard InChI is InChI=1S/C4H11O3P.C3H5NO/c1-2-3-4-8(5,6)7;1-2-3(4)5/h2-4H2,1H3,(H2,5,6,7);2H,1H2,(H2,4,5). The van der Waals surface area contributed by atoms with Crippen LogP contribution in [-0.4, -0.2) is 21.9 Å². The molecule has 78 valence electrons. The zero-order chi connectivity index (χ0) is 10.9. The lowest BCUT2D eigenvalue weighted by Gasteiger charge is -1.98. The Bertz CT molecular complexity index is 199. The van der Waals surface area contributed by atoms with Gasteiger partial charge in [0.2, 0.25) is 5.91 Å². The Labute approximate surface area is 77.8 Å². The van der Waals surface area contributed by atoms with E-state index in [1.807, 2.05) is 6.92 Å². The van der Waals surface area contributed by atoms with E-state index in [4.69, 9.17) is 9.79 Å². The number of hydrogen-bond acceptors (Lipinski definition) is 2. The van der Waals surface area contributed by atoms with E-state index in [0.717, 1.165) is 12.5 Å². The number of unbranched alkanes of at least 4 members (excludes halogenated alkanes) is 1. The van der Waals surface area contributed by atoms with Gasteiger partial charge in [-0.25, -0.2) is 0 Å². The summed E-state index contributed by atoms with van der Waals surface area (Å²) in [7, 11) is -3.68. The van der Waals surface area contributed by atoms with Crippen LogP contribution in [0.2, 0.25) is 0 Å². The average molecular weight is 209 g/mol. The maximum absolute atomic E-state index is 10.1. The third-order valence-electron chi connectivity index (χ3n) is 1.00. The van der Waals surface area contributed by atoms with Gasteiger partial charge < -0.3 is 15.5 Å². The third-order valence-corrected chi connectivity index (χ3v) is 1.90. The molecule has 0 saturated heterocycles. The Balaban J connectivity index is 0. The Hall–Kier alpha value is -0.640. The molecule has 6 heteroatoms. The zero-order valence-corrected chi connectivity index (χ0v) is 8.54. The molecule has 0 aliphatic carbocycles. The minimum Gasteiger partial charge on any atom is -0.366 e. The largest absolute Gasteiger partial charge is 0.366 e. The molecule has 1 amide bonds. The maximum Gasteiger partial charge on any atom is 0.325 e. The van der Waals surface area contributed by atoms with Crippen molar-refractivity contribution < 1.29 is 19.1 Å². The molecule has 0 rings (SSSR count). The summed E-state index contributed by atoms with van der Waals surface area (Å²) in [6, 6.07) is 0. The fourth-order valence-corrected chi connectivity index (χ4v) is 1.09. The number of rotatable bonds is 4. The van der Waals surface area contributed by atoms with E-state index in [0.29, 0.717) is 6.42 Å². The van der Waals surface area contributed by atoms with Gasteiger partial charge >= 0.3 is 7.60 Å². The molecule has 0 atom stereocenters. The van der Waals surface area contributed by atoms with Crippen LogP contribution in [0, 0.1) is 0 Å². The highest BCUT2D eigenvalue weighted by Crippen LogP contribution is 2.34. The van der Waals surface area contributed by atoms with Crippen molar-refractivity contribution in [2.24, 2.45) is 5.73 Å². The lowest BCUT2D eigenvalue weighted by molar-refractivity contribution is -0.113. The summed E-state index contributed by atoms with van der Waals surface area (Å²) in [6.45, 7) is 4.98. The van der Waals surface area contributed by atoms with Crippen molar-refractivity contribution in [1.29, 1.82) is 0 Å². The van der Waals surface area contributed by atoms with Crippen molar-refractivity contribution in [3.05, 3.63) is 12.7 Å². The van der Waals surface area contributed by atoms with Crippen molar-refractivity contribution in [2.75, 3.05) is 6.16 Å². The summed E-state index contributed by atoms with van der Waals surface area (Å²) in [5, 5.41) is 0. The van der Waals surface area contributed by atoms with Gasteiger partial charge in [-0.05, 0) is 12.5 Å². The summed E-state index contributed by atoms with van der Waals surface area (Å²) < 4.78 is 10.1. The van der Waals surface area contributed by atoms with Gasteiger partial charge in [-0.2, -0.15) is 0 Å². The number of carbonyl (C=O) groups excluding carboxylic acids is 1. The molecule has 13 heavy (non-hydrogen) atoms. The molecule has 0 saturated carbocycles. The minimum atomic E-state index is -3.68. The second-order valence-electron chi connectivity index (χ2n) is 2.35. The van der Waals surface area contributed by atoms with Gasteiger partial charge in [0, 0.05) is 6.16 Å². The van der Waals surface area contributed by atoms with E-state index in [1.54, 1.807) is 0 Å². The van der Waals surface area contributed by atoms with Crippen LogP contribution in [0.4, 0.5) is 0 Å². The summed E-state index contributed by atoms with van der Waals surface area (Å²) in [5.41, 5.74) is 4.53. The SMILES string of the molecule is C=CC(N)=O.CCCCP(=O)(O)O. The molecule has 0 radical (unpaired) electrons. The molecule has 5 nitrogen and oxygen atoms in total. The fraction of sp³-hybridized carbons (Fsp3) is 0.571. The van der Waals surface area contributed by atoms with E-state index in [1.165, 1.54) is 0 Å². The van der Waals surface area contributed by atoms with E-state index in [-0.39, 0.29) is 6.16 Å². The molecule has 0 spiro atoms. The molecule has 0 bridgehead atoms. The van der Waals surface area contributed by atoms with Gasteiger partial charge in [0.1, 0.15) is 0 Å². The van der Waals surface area contributed by atoms with Crippen molar-refractivity contribution in [1.82, 2.24) is 0 Å². The first-order valence-corrected chi connectivity index (χ1v) is 5.59. The molecule has 0 heterocycles. The predicted molar refractivity (Wildman–Crippen MR) is 51.2 cm³/mol. The fourth-order valence-electron chi connectivity index (χ4n) is 0.364. The smallest absolute Gasteiger partial charge is 0.325 e. The Morgan fingerprint density at radius 3 is 2.08 bits per heavy atom. The van der Waals surface area contributed by atoms with Crippen LogP contribution in [0.5, 0.6) is 0 Å². The Morgan fingerprint density at radius 2 is 2.00 bits per heavy atom. The summed E-state index contributed by atoms with van der Waals surface area (Å²) >= 11 is 0. The van der Waals surface area contributed by atoms with Crippen LogP contribution < -0.4 is 5.73 Å². The van der Waals surface area contributed by atoms with E-state index in [9.17, 15) is 9.36 Å². The zero-order valence-electron chi connectivity index (χ0n) is 7.64. The van der Waals surface area contributed by atoms with Gasteiger partial charge in [-0.1, -0.05) is 19.9 Å². The summed E-state index contributed by atoms with van der Waals surface area (Å²) in [5.74, 6) is -0.481. The number of amides is 1. The maximum atomic E-state index is 10.1. The molecule has 0 aliphatic heterocycles. The normalized spacial score (nSPS) is 9.77. The molecule has 0 fully saturated rings. The van der Waals surface area contributed by atoms with Crippen molar-refractivity contribution >= 4 is 13.5 Å². The van der Waals surface area contributed by atoms with Crippen LogP contribution in [0.1, 0.15) is 19.8 Å². The monoisotopic (exact) mass is 209 g/mol. The molecule has 0 aromatic heterocycles. The van der Waals surface area contributed by atoms with Crippen molar-refractivity contribution in [3.8, 4) is 0 Å². The topological polar surface area (TPSA) is 101 Å². The number of primary amides is 1. The number of carbonyl (C=O) groups is 1. The Morgan fingerprint density at radius 1 is 1.62 bits per heavy atom. The van der Waals surface area contributed by atoms with Crippen molar-refractivity contribution in [2.45, 2.75) is 19.8 Å². The highest BCUT2D eigenvalue weighted by molar-refractivity contribution is 7.51. The van der Waals surface area contributed by atoms with Crippen LogP contribution in [0.25, 0.3) is 0 Å².